The van der Waals surface area contributed by atoms with Crippen LogP contribution in [0.4, 0.5) is 0 Å². The van der Waals surface area contributed by atoms with Crippen molar-refractivity contribution >= 4 is 31.9 Å². The molecule has 0 aliphatic carbocycles. The van der Waals surface area contributed by atoms with Gasteiger partial charge in [-0.15, -0.1) is 0 Å². The van der Waals surface area contributed by atoms with Gasteiger partial charge in [-0.3, -0.25) is 4.79 Å². The highest BCUT2D eigenvalue weighted by molar-refractivity contribution is 9.10. The van der Waals surface area contributed by atoms with Gasteiger partial charge in [-0.25, -0.2) is 13.6 Å². The summed E-state index contributed by atoms with van der Waals surface area (Å²) in [6.07, 6.45) is 0.977. The lowest BCUT2D eigenvalue weighted by molar-refractivity contribution is 0.0740. The third-order valence-corrected chi connectivity index (χ3v) is 4.70. The molecule has 0 fully saturated rings. The number of nitrogens with zero attached hydrogens (tertiary/aromatic N) is 1. The minimum Gasteiger partial charge on any atom is -0.339 e. The molecule has 2 N–H and O–H groups in total. The summed E-state index contributed by atoms with van der Waals surface area (Å²) in [6.45, 7) is 7.26. The van der Waals surface area contributed by atoms with Crippen molar-refractivity contribution < 1.29 is 13.2 Å². The maximum absolute atomic E-state index is 12.5. The Labute approximate surface area is 134 Å². The van der Waals surface area contributed by atoms with Crippen LogP contribution < -0.4 is 5.14 Å². The van der Waals surface area contributed by atoms with Crippen molar-refractivity contribution in [3.05, 3.63) is 28.2 Å². The van der Waals surface area contributed by atoms with Crippen molar-refractivity contribution in [2.75, 3.05) is 13.1 Å². The van der Waals surface area contributed by atoms with Gasteiger partial charge in [0.2, 0.25) is 10.0 Å². The standard InChI is InChI=1S/C14H21BrN2O3S/c1-4-10(3)9-17(5-2)14(18)11-6-12(15)8-13(7-11)21(16,19)20/h6-8,10H,4-5,9H2,1-3H3,(H2,16,19,20). The first-order valence-electron chi connectivity index (χ1n) is 6.81. The first kappa shape index (κ1) is 18.1. The molecular weight excluding hydrogens is 356 g/mol. The van der Waals surface area contributed by atoms with E-state index in [1.807, 2.05) is 6.92 Å². The van der Waals surface area contributed by atoms with Gasteiger partial charge in [0.15, 0.2) is 0 Å². The molecule has 7 heteroatoms. The largest absolute Gasteiger partial charge is 0.339 e. The summed E-state index contributed by atoms with van der Waals surface area (Å²) >= 11 is 3.22. The van der Waals surface area contributed by atoms with Gasteiger partial charge in [0.25, 0.3) is 5.91 Å². The van der Waals surface area contributed by atoms with Crippen molar-refractivity contribution in [2.24, 2.45) is 11.1 Å². The lowest BCUT2D eigenvalue weighted by atomic mass is 10.1. The molecule has 0 aliphatic rings. The molecule has 0 aliphatic heterocycles. The van der Waals surface area contributed by atoms with Crippen LogP contribution in [0.5, 0.6) is 0 Å². The number of carbonyl (C=O) groups excluding carboxylic acids is 1. The molecule has 0 heterocycles. The molecule has 0 saturated heterocycles. The molecule has 1 atom stereocenters. The summed E-state index contributed by atoms with van der Waals surface area (Å²) in [4.78, 5) is 14.2. The lowest BCUT2D eigenvalue weighted by Crippen LogP contribution is -2.34. The van der Waals surface area contributed by atoms with Crippen LogP contribution in [0.1, 0.15) is 37.6 Å². The fourth-order valence-corrected chi connectivity index (χ4v) is 3.12. The Morgan fingerprint density at radius 3 is 2.43 bits per heavy atom. The van der Waals surface area contributed by atoms with Gasteiger partial charge in [0.1, 0.15) is 0 Å². The Kier molecular flexibility index (Phi) is 6.37. The van der Waals surface area contributed by atoms with Crippen LogP contribution in [0.3, 0.4) is 0 Å². The van der Waals surface area contributed by atoms with E-state index in [1.165, 1.54) is 12.1 Å². The number of nitrogens with two attached hydrogens (primary N) is 1. The Morgan fingerprint density at radius 2 is 1.95 bits per heavy atom. The van der Waals surface area contributed by atoms with Crippen molar-refractivity contribution in [2.45, 2.75) is 32.1 Å². The maximum atomic E-state index is 12.5. The van der Waals surface area contributed by atoms with Gasteiger partial charge in [-0.05, 0) is 31.0 Å². The summed E-state index contributed by atoms with van der Waals surface area (Å²) in [5.41, 5.74) is 0.318. The molecule has 5 nitrogen and oxygen atoms in total. The number of carbonyl (C=O) groups is 1. The quantitative estimate of drug-likeness (QED) is 0.828. The number of hydrogen-bond acceptors (Lipinski definition) is 3. The molecular formula is C14H21BrN2O3S. The van der Waals surface area contributed by atoms with Gasteiger partial charge < -0.3 is 4.90 Å². The molecule has 118 valence electrons. The Morgan fingerprint density at radius 1 is 1.33 bits per heavy atom. The van der Waals surface area contributed by atoms with E-state index in [2.05, 4.69) is 29.8 Å². The first-order chi connectivity index (χ1) is 9.68. The molecule has 0 bridgehead atoms. The van der Waals surface area contributed by atoms with E-state index in [9.17, 15) is 13.2 Å². The second-order valence-electron chi connectivity index (χ2n) is 5.08. The zero-order valence-corrected chi connectivity index (χ0v) is 14.9. The molecule has 1 unspecified atom stereocenters. The number of rotatable bonds is 6. The van der Waals surface area contributed by atoms with Crippen LogP contribution in [-0.2, 0) is 10.0 Å². The van der Waals surface area contributed by atoms with E-state index in [-0.39, 0.29) is 10.8 Å². The number of benzene rings is 1. The Hall–Kier alpha value is -0.920. The summed E-state index contributed by atoms with van der Waals surface area (Å²) in [6, 6.07) is 4.31. The number of amides is 1. The predicted molar refractivity (Wildman–Crippen MR) is 86.5 cm³/mol. The second-order valence-corrected chi connectivity index (χ2v) is 7.55. The van der Waals surface area contributed by atoms with Crippen molar-refractivity contribution in [3.8, 4) is 0 Å². The smallest absolute Gasteiger partial charge is 0.253 e. The van der Waals surface area contributed by atoms with E-state index >= 15 is 0 Å². The van der Waals surface area contributed by atoms with Gasteiger partial charge >= 0.3 is 0 Å². The molecule has 1 amide bonds. The maximum Gasteiger partial charge on any atom is 0.253 e. The SMILES string of the molecule is CCC(C)CN(CC)C(=O)c1cc(Br)cc(S(N)(=O)=O)c1. The number of hydrogen-bond donors (Lipinski definition) is 1. The summed E-state index contributed by atoms with van der Waals surface area (Å²) < 4.78 is 23.4. The Balaban J connectivity index is 3.14. The molecule has 0 saturated carbocycles. The van der Waals surface area contributed by atoms with E-state index in [0.717, 1.165) is 6.42 Å². The predicted octanol–water partition coefficient (Wildman–Crippen LogP) is 2.60. The normalized spacial score (nSPS) is 13.0. The second kappa shape index (κ2) is 7.38. The average Bonchev–Trinajstić information content (AvgIpc) is 2.42. The van der Waals surface area contributed by atoms with Gasteiger partial charge in [-0.1, -0.05) is 36.2 Å². The number of primary sulfonamides is 1. The number of sulfonamides is 1. The monoisotopic (exact) mass is 376 g/mol. The zero-order valence-electron chi connectivity index (χ0n) is 12.5. The molecule has 21 heavy (non-hydrogen) atoms. The third kappa shape index (κ3) is 5.09. The van der Waals surface area contributed by atoms with E-state index in [4.69, 9.17) is 5.14 Å². The van der Waals surface area contributed by atoms with Gasteiger partial charge in [0.05, 0.1) is 4.90 Å². The average molecular weight is 377 g/mol. The minimum absolute atomic E-state index is 0.0696. The van der Waals surface area contributed by atoms with E-state index in [0.29, 0.717) is 29.0 Å². The van der Waals surface area contributed by atoms with E-state index in [1.54, 1.807) is 11.0 Å². The minimum atomic E-state index is -3.84. The van der Waals surface area contributed by atoms with Gasteiger partial charge in [0, 0.05) is 23.1 Å². The van der Waals surface area contributed by atoms with Crippen molar-refractivity contribution in [3.63, 3.8) is 0 Å². The van der Waals surface area contributed by atoms with Crippen LogP contribution in [0, 0.1) is 5.92 Å². The zero-order chi connectivity index (χ0) is 16.2. The number of halogens is 1. The van der Waals surface area contributed by atoms with Crippen LogP contribution in [0.15, 0.2) is 27.6 Å². The first-order valence-corrected chi connectivity index (χ1v) is 9.15. The topological polar surface area (TPSA) is 80.5 Å². The molecule has 0 radical (unpaired) electrons. The molecule has 0 spiro atoms. The van der Waals surface area contributed by atoms with E-state index < -0.39 is 10.0 Å². The Bertz CT molecular complexity index is 617. The van der Waals surface area contributed by atoms with Crippen LogP contribution in [-0.4, -0.2) is 32.3 Å². The lowest BCUT2D eigenvalue weighted by Gasteiger charge is -2.24. The van der Waals surface area contributed by atoms with Gasteiger partial charge in [-0.2, -0.15) is 0 Å². The third-order valence-electron chi connectivity index (χ3n) is 3.34. The highest BCUT2D eigenvalue weighted by Gasteiger charge is 2.19. The fraction of sp³-hybridized carbons (Fsp3) is 0.500. The molecule has 1 aromatic carbocycles. The highest BCUT2D eigenvalue weighted by atomic mass is 79.9. The van der Waals surface area contributed by atoms with Crippen LogP contribution in [0.25, 0.3) is 0 Å². The highest BCUT2D eigenvalue weighted by Crippen LogP contribution is 2.20. The summed E-state index contributed by atoms with van der Waals surface area (Å²) in [7, 11) is -3.84. The van der Waals surface area contributed by atoms with Crippen LogP contribution in [0.2, 0.25) is 0 Å². The van der Waals surface area contributed by atoms with Crippen LogP contribution >= 0.6 is 15.9 Å². The molecule has 0 aromatic heterocycles. The molecule has 1 rings (SSSR count). The summed E-state index contributed by atoms with van der Waals surface area (Å²) in [5.74, 6) is 0.197. The fourth-order valence-electron chi connectivity index (χ4n) is 1.89. The van der Waals surface area contributed by atoms with Crippen molar-refractivity contribution in [1.82, 2.24) is 4.90 Å². The van der Waals surface area contributed by atoms with Crippen molar-refractivity contribution in [1.29, 1.82) is 0 Å². The molecule has 1 aromatic rings. The summed E-state index contributed by atoms with van der Waals surface area (Å²) in [5, 5.41) is 5.13.